The van der Waals surface area contributed by atoms with E-state index in [0.29, 0.717) is 26.2 Å². The van der Waals surface area contributed by atoms with Crippen molar-refractivity contribution in [2.75, 3.05) is 39.3 Å². The molecule has 2 rings (SSSR count). The fourth-order valence-electron chi connectivity index (χ4n) is 2.73. The van der Waals surface area contributed by atoms with Crippen LogP contribution in [0.25, 0.3) is 0 Å². The van der Waals surface area contributed by atoms with Crippen molar-refractivity contribution in [3.05, 3.63) is 22.4 Å². The van der Waals surface area contributed by atoms with E-state index >= 15 is 0 Å². The highest BCUT2D eigenvalue weighted by atomic mass is 32.2. The SMILES string of the molecule is CCN(CC)CCN(Cc1cccs1)S(=O)(=O)N1CCCC1. The third kappa shape index (κ3) is 4.52. The minimum atomic E-state index is -3.34. The molecule has 0 aromatic carbocycles. The molecule has 0 N–H and O–H groups in total. The van der Waals surface area contributed by atoms with E-state index in [2.05, 4.69) is 18.7 Å². The summed E-state index contributed by atoms with van der Waals surface area (Å²) in [5.41, 5.74) is 0. The Morgan fingerprint density at radius 1 is 1.18 bits per heavy atom. The second-order valence-corrected chi connectivity index (χ2v) is 8.51. The lowest BCUT2D eigenvalue weighted by Crippen LogP contribution is -2.45. The van der Waals surface area contributed by atoms with Gasteiger partial charge in [0.2, 0.25) is 0 Å². The van der Waals surface area contributed by atoms with Gasteiger partial charge >= 0.3 is 0 Å². The van der Waals surface area contributed by atoms with E-state index < -0.39 is 10.2 Å². The molecule has 1 aromatic heterocycles. The largest absolute Gasteiger partial charge is 0.303 e. The Bertz CT molecular complexity index is 521. The summed E-state index contributed by atoms with van der Waals surface area (Å²) in [5, 5.41) is 2.00. The lowest BCUT2D eigenvalue weighted by atomic mass is 10.4. The first-order valence-electron chi connectivity index (χ1n) is 8.08. The highest BCUT2D eigenvalue weighted by Crippen LogP contribution is 2.20. The van der Waals surface area contributed by atoms with E-state index in [-0.39, 0.29) is 0 Å². The molecule has 22 heavy (non-hydrogen) atoms. The molecule has 1 aromatic rings. The van der Waals surface area contributed by atoms with Crippen molar-refractivity contribution in [3.8, 4) is 0 Å². The topological polar surface area (TPSA) is 43.9 Å². The fraction of sp³-hybridized carbons (Fsp3) is 0.733. The third-order valence-corrected chi connectivity index (χ3v) is 7.03. The smallest absolute Gasteiger partial charge is 0.282 e. The third-order valence-electron chi connectivity index (χ3n) is 4.19. The summed E-state index contributed by atoms with van der Waals surface area (Å²) in [4.78, 5) is 3.36. The molecule has 0 spiro atoms. The van der Waals surface area contributed by atoms with Crippen molar-refractivity contribution >= 4 is 21.5 Å². The van der Waals surface area contributed by atoms with E-state index in [0.717, 1.165) is 37.4 Å². The van der Waals surface area contributed by atoms with Crippen molar-refractivity contribution in [2.45, 2.75) is 33.2 Å². The number of nitrogens with zero attached hydrogens (tertiary/aromatic N) is 3. The number of hydrogen-bond acceptors (Lipinski definition) is 4. The Hall–Kier alpha value is -0.470. The first-order chi connectivity index (χ1) is 10.6. The Labute approximate surface area is 138 Å². The first-order valence-corrected chi connectivity index (χ1v) is 10.4. The van der Waals surface area contributed by atoms with Crippen LogP contribution in [-0.4, -0.2) is 61.2 Å². The molecular formula is C15H27N3O2S2. The van der Waals surface area contributed by atoms with Gasteiger partial charge in [-0.05, 0) is 37.4 Å². The van der Waals surface area contributed by atoms with Gasteiger partial charge in [-0.2, -0.15) is 17.0 Å². The zero-order chi connectivity index (χ0) is 16.0. The lowest BCUT2D eigenvalue weighted by molar-refractivity contribution is 0.261. The summed E-state index contributed by atoms with van der Waals surface area (Å²) in [5.74, 6) is 0. The fourth-order valence-corrected chi connectivity index (χ4v) is 5.19. The van der Waals surface area contributed by atoms with E-state index in [1.165, 1.54) is 0 Å². The quantitative estimate of drug-likeness (QED) is 0.689. The Kier molecular flexibility index (Phi) is 6.83. The van der Waals surface area contributed by atoms with Gasteiger partial charge in [0.25, 0.3) is 10.2 Å². The van der Waals surface area contributed by atoms with Crippen LogP contribution in [0.2, 0.25) is 0 Å². The highest BCUT2D eigenvalue weighted by molar-refractivity contribution is 7.86. The van der Waals surface area contributed by atoms with Gasteiger partial charge in [-0.15, -0.1) is 11.3 Å². The summed E-state index contributed by atoms with van der Waals surface area (Å²) in [7, 11) is -3.34. The van der Waals surface area contributed by atoms with E-state index in [9.17, 15) is 8.42 Å². The Balaban J connectivity index is 2.09. The molecule has 1 saturated heterocycles. The van der Waals surface area contributed by atoms with Gasteiger partial charge in [-0.3, -0.25) is 0 Å². The Morgan fingerprint density at radius 3 is 2.41 bits per heavy atom. The standard InChI is InChI=1S/C15H27N3O2S2/c1-3-16(4-2)11-12-18(14-15-8-7-13-21-15)22(19,20)17-9-5-6-10-17/h7-8,13H,3-6,9-12,14H2,1-2H3. The second kappa shape index (κ2) is 8.40. The van der Waals surface area contributed by atoms with Gasteiger partial charge in [0.1, 0.15) is 0 Å². The van der Waals surface area contributed by atoms with Crippen LogP contribution in [0.4, 0.5) is 0 Å². The van der Waals surface area contributed by atoms with Crippen LogP contribution in [0.1, 0.15) is 31.6 Å². The number of likely N-dealkylation sites (N-methyl/N-ethyl adjacent to an activating group) is 1. The van der Waals surface area contributed by atoms with Crippen molar-refractivity contribution in [1.29, 1.82) is 0 Å². The monoisotopic (exact) mass is 345 g/mol. The summed E-state index contributed by atoms with van der Waals surface area (Å²) in [6.45, 7) is 9.27. The molecule has 7 heteroatoms. The van der Waals surface area contributed by atoms with Gasteiger partial charge in [0.05, 0.1) is 0 Å². The molecule has 1 aliphatic rings. The van der Waals surface area contributed by atoms with Crippen LogP contribution in [0, 0.1) is 0 Å². The molecule has 1 fully saturated rings. The van der Waals surface area contributed by atoms with E-state index in [1.807, 2.05) is 17.5 Å². The molecule has 0 atom stereocenters. The lowest BCUT2D eigenvalue weighted by Gasteiger charge is -2.29. The van der Waals surface area contributed by atoms with Crippen molar-refractivity contribution < 1.29 is 8.42 Å². The second-order valence-electron chi connectivity index (χ2n) is 5.55. The molecule has 0 amide bonds. The van der Waals surface area contributed by atoms with Crippen LogP contribution >= 0.6 is 11.3 Å². The zero-order valence-corrected chi connectivity index (χ0v) is 15.2. The van der Waals surface area contributed by atoms with Crippen LogP contribution in [0.3, 0.4) is 0 Å². The molecule has 5 nitrogen and oxygen atoms in total. The van der Waals surface area contributed by atoms with Gasteiger partial charge in [-0.1, -0.05) is 19.9 Å². The van der Waals surface area contributed by atoms with Gasteiger partial charge in [0, 0.05) is 37.6 Å². The first kappa shape index (κ1) is 17.9. The van der Waals surface area contributed by atoms with Gasteiger partial charge in [-0.25, -0.2) is 0 Å². The van der Waals surface area contributed by atoms with Crippen molar-refractivity contribution in [1.82, 2.24) is 13.5 Å². The maximum Gasteiger partial charge on any atom is 0.282 e. The van der Waals surface area contributed by atoms with Crippen molar-refractivity contribution in [3.63, 3.8) is 0 Å². The summed E-state index contributed by atoms with van der Waals surface area (Å²) in [6.07, 6.45) is 1.95. The molecule has 0 bridgehead atoms. The predicted octanol–water partition coefficient (Wildman–Crippen LogP) is 2.23. The molecule has 126 valence electrons. The summed E-state index contributed by atoms with van der Waals surface area (Å²) < 4.78 is 29.1. The molecule has 0 saturated carbocycles. The number of hydrogen-bond donors (Lipinski definition) is 0. The van der Waals surface area contributed by atoms with Crippen LogP contribution in [0.5, 0.6) is 0 Å². The number of rotatable bonds is 9. The van der Waals surface area contributed by atoms with Gasteiger partial charge < -0.3 is 4.90 Å². The van der Waals surface area contributed by atoms with Crippen molar-refractivity contribution in [2.24, 2.45) is 0 Å². The summed E-state index contributed by atoms with van der Waals surface area (Å²) in [6, 6.07) is 3.99. The zero-order valence-electron chi connectivity index (χ0n) is 13.6. The van der Waals surface area contributed by atoms with Gasteiger partial charge in [0.15, 0.2) is 0 Å². The van der Waals surface area contributed by atoms with Crippen LogP contribution in [-0.2, 0) is 16.8 Å². The average Bonchev–Trinajstić information content (AvgIpc) is 3.20. The molecule has 0 unspecified atom stereocenters. The molecule has 0 radical (unpaired) electrons. The molecule has 1 aliphatic heterocycles. The predicted molar refractivity (Wildman–Crippen MR) is 92.2 cm³/mol. The maximum absolute atomic E-state index is 12.9. The Morgan fingerprint density at radius 2 is 1.86 bits per heavy atom. The van der Waals surface area contributed by atoms with E-state index in [1.54, 1.807) is 19.9 Å². The van der Waals surface area contributed by atoms with Crippen LogP contribution in [0.15, 0.2) is 17.5 Å². The molecular weight excluding hydrogens is 318 g/mol. The van der Waals surface area contributed by atoms with E-state index in [4.69, 9.17) is 0 Å². The number of thiophene rings is 1. The normalized spacial score (nSPS) is 16.9. The molecule has 2 heterocycles. The highest BCUT2D eigenvalue weighted by Gasteiger charge is 2.31. The minimum absolute atomic E-state index is 0.484. The average molecular weight is 346 g/mol. The summed E-state index contributed by atoms with van der Waals surface area (Å²) >= 11 is 1.62. The molecule has 0 aliphatic carbocycles. The van der Waals surface area contributed by atoms with Crippen LogP contribution < -0.4 is 0 Å². The maximum atomic E-state index is 12.9. The minimum Gasteiger partial charge on any atom is -0.303 e.